The van der Waals surface area contributed by atoms with Crippen molar-refractivity contribution < 1.29 is 18.0 Å². The average molecular weight is 362 g/mol. The molecule has 0 saturated carbocycles. The third-order valence-corrected chi connectivity index (χ3v) is 5.70. The fraction of sp³-hybridized carbons (Fsp3) is 0.278. The van der Waals surface area contributed by atoms with Gasteiger partial charge in [-0.3, -0.25) is 13.9 Å². The Bertz CT molecular complexity index is 835. The summed E-state index contributed by atoms with van der Waals surface area (Å²) >= 11 is 0. The predicted octanol–water partition coefficient (Wildman–Crippen LogP) is 2.89. The SMILES string of the molecule is CCONC(=O)c1ccc(C)c(S(=O)(=O)N(CC)c2ccccc2)c1. The number of carbonyl (C=O) groups excluding carboxylic acids is 1. The lowest BCUT2D eigenvalue weighted by molar-refractivity contribution is 0.0364. The van der Waals surface area contributed by atoms with Crippen molar-refractivity contribution in [2.75, 3.05) is 17.5 Å². The first-order valence-corrected chi connectivity index (χ1v) is 9.46. The highest BCUT2D eigenvalue weighted by atomic mass is 32.2. The van der Waals surface area contributed by atoms with E-state index < -0.39 is 15.9 Å². The molecule has 0 heterocycles. The molecule has 1 amide bonds. The minimum absolute atomic E-state index is 0.0994. The highest BCUT2D eigenvalue weighted by Crippen LogP contribution is 2.26. The molecule has 6 nitrogen and oxygen atoms in total. The van der Waals surface area contributed by atoms with E-state index in [4.69, 9.17) is 4.84 Å². The molecule has 0 aliphatic rings. The highest BCUT2D eigenvalue weighted by Gasteiger charge is 2.26. The summed E-state index contributed by atoms with van der Waals surface area (Å²) < 4.78 is 27.6. The van der Waals surface area contributed by atoms with Gasteiger partial charge in [-0.15, -0.1) is 0 Å². The zero-order valence-electron chi connectivity index (χ0n) is 14.5. The fourth-order valence-electron chi connectivity index (χ4n) is 2.42. The number of anilines is 1. The number of nitrogens with one attached hydrogen (secondary N) is 1. The molecule has 7 heteroatoms. The van der Waals surface area contributed by atoms with E-state index >= 15 is 0 Å². The van der Waals surface area contributed by atoms with Crippen LogP contribution in [0.3, 0.4) is 0 Å². The smallest absolute Gasteiger partial charge is 0.274 e. The Morgan fingerprint density at radius 1 is 1.12 bits per heavy atom. The number of rotatable bonds is 7. The average Bonchev–Trinajstić information content (AvgIpc) is 2.61. The molecule has 2 rings (SSSR count). The maximum Gasteiger partial charge on any atom is 0.274 e. The van der Waals surface area contributed by atoms with Crippen LogP contribution in [-0.4, -0.2) is 27.5 Å². The van der Waals surface area contributed by atoms with Gasteiger partial charge in [-0.25, -0.2) is 13.9 Å². The van der Waals surface area contributed by atoms with E-state index in [0.29, 0.717) is 17.9 Å². The van der Waals surface area contributed by atoms with Gasteiger partial charge in [0.05, 0.1) is 17.2 Å². The van der Waals surface area contributed by atoms with E-state index in [1.54, 1.807) is 57.2 Å². The molecule has 0 aliphatic heterocycles. The lowest BCUT2D eigenvalue weighted by atomic mass is 10.1. The number of sulfonamides is 1. The van der Waals surface area contributed by atoms with Crippen LogP contribution in [0.1, 0.15) is 29.8 Å². The van der Waals surface area contributed by atoms with Gasteiger partial charge in [0.15, 0.2) is 0 Å². The number of hydrogen-bond acceptors (Lipinski definition) is 4. The normalized spacial score (nSPS) is 11.2. The van der Waals surface area contributed by atoms with Crippen LogP contribution in [0.4, 0.5) is 5.69 Å². The van der Waals surface area contributed by atoms with E-state index in [9.17, 15) is 13.2 Å². The molecule has 2 aromatic rings. The van der Waals surface area contributed by atoms with Gasteiger partial charge in [0.2, 0.25) is 0 Å². The van der Waals surface area contributed by atoms with Crippen LogP contribution >= 0.6 is 0 Å². The Balaban J connectivity index is 2.46. The van der Waals surface area contributed by atoms with Crippen molar-refractivity contribution in [3.63, 3.8) is 0 Å². The van der Waals surface area contributed by atoms with Crippen molar-refractivity contribution in [3.05, 3.63) is 59.7 Å². The maximum absolute atomic E-state index is 13.1. The number of carbonyl (C=O) groups is 1. The summed E-state index contributed by atoms with van der Waals surface area (Å²) in [7, 11) is -3.80. The Morgan fingerprint density at radius 3 is 2.40 bits per heavy atom. The maximum atomic E-state index is 13.1. The first kappa shape index (κ1) is 19.0. The second-order valence-corrected chi connectivity index (χ2v) is 7.18. The Morgan fingerprint density at radius 2 is 1.80 bits per heavy atom. The van der Waals surface area contributed by atoms with Gasteiger partial charge in [-0.2, -0.15) is 0 Å². The van der Waals surface area contributed by atoms with Crippen LogP contribution in [-0.2, 0) is 14.9 Å². The van der Waals surface area contributed by atoms with Gasteiger partial charge >= 0.3 is 0 Å². The lowest BCUT2D eigenvalue weighted by Crippen LogP contribution is -2.31. The zero-order chi connectivity index (χ0) is 18.4. The minimum atomic E-state index is -3.80. The summed E-state index contributed by atoms with van der Waals surface area (Å²) in [5.41, 5.74) is 3.65. The van der Waals surface area contributed by atoms with Gasteiger partial charge in [-0.05, 0) is 50.6 Å². The number of aryl methyl sites for hydroxylation is 1. The van der Waals surface area contributed by atoms with Crippen LogP contribution in [0.15, 0.2) is 53.4 Å². The summed E-state index contributed by atoms with van der Waals surface area (Å²) in [6.45, 7) is 5.81. The van der Waals surface area contributed by atoms with Gasteiger partial charge in [0.1, 0.15) is 0 Å². The Hall–Kier alpha value is -2.38. The second-order valence-electron chi connectivity index (χ2n) is 5.35. The van der Waals surface area contributed by atoms with E-state index in [1.807, 2.05) is 6.07 Å². The van der Waals surface area contributed by atoms with Crippen molar-refractivity contribution in [3.8, 4) is 0 Å². The van der Waals surface area contributed by atoms with Gasteiger partial charge < -0.3 is 0 Å². The Kier molecular flexibility index (Phi) is 6.17. The van der Waals surface area contributed by atoms with E-state index in [0.717, 1.165) is 0 Å². The van der Waals surface area contributed by atoms with Crippen LogP contribution < -0.4 is 9.79 Å². The van der Waals surface area contributed by atoms with Crippen molar-refractivity contribution in [1.29, 1.82) is 0 Å². The van der Waals surface area contributed by atoms with Crippen molar-refractivity contribution in [2.24, 2.45) is 0 Å². The number of amides is 1. The lowest BCUT2D eigenvalue weighted by Gasteiger charge is -2.24. The van der Waals surface area contributed by atoms with E-state index in [2.05, 4.69) is 5.48 Å². The molecule has 0 bridgehead atoms. The fourth-order valence-corrected chi connectivity index (χ4v) is 4.15. The van der Waals surface area contributed by atoms with Crippen LogP contribution in [0.2, 0.25) is 0 Å². The Labute approximate surface area is 148 Å². The number of hydrogen-bond donors (Lipinski definition) is 1. The molecule has 2 aromatic carbocycles. The zero-order valence-corrected chi connectivity index (χ0v) is 15.3. The molecular weight excluding hydrogens is 340 g/mol. The molecule has 25 heavy (non-hydrogen) atoms. The molecule has 134 valence electrons. The van der Waals surface area contributed by atoms with Crippen LogP contribution in [0.5, 0.6) is 0 Å². The van der Waals surface area contributed by atoms with Crippen LogP contribution in [0.25, 0.3) is 0 Å². The van der Waals surface area contributed by atoms with Crippen LogP contribution in [0, 0.1) is 6.92 Å². The molecule has 0 fully saturated rings. The summed E-state index contributed by atoms with van der Waals surface area (Å²) in [6.07, 6.45) is 0. The minimum Gasteiger partial charge on any atom is -0.274 e. The largest absolute Gasteiger partial charge is 0.274 e. The molecule has 0 spiro atoms. The van der Waals surface area contributed by atoms with Gasteiger partial charge in [0.25, 0.3) is 15.9 Å². The highest BCUT2D eigenvalue weighted by molar-refractivity contribution is 7.92. The summed E-state index contributed by atoms with van der Waals surface area (Å²) in [6, 6.07) is 13.4. The summed E-state index contributed by atoms with van der Waals surface area (Å²) in [5, 5.41) is 0. The molecule has 0 aromatic heterocycles. The predicted molar refractivity (Wildman–Crippen MR) is 96.9 cm³/mol. The molecule has 0 unspecified atom stereocenters. The quantitative estimate of drug-likeness (QED) is 0.769. The molecule has 0 saturated heterocycles. The first-order chi connectivity index (χ1) is 11.9. The molecule has 0 radical (unpaired) electrons. The topological polar surface area (TPSA) is 75.7 Å². The monoisotopic (exact) mass is 362 g/mol. The number of benzene rings is 2. The van der Waals surface area contributed by atoms with E-state index in [-0.39, 0.29) is 17.0 Å². The standard InChI is InChI=1S/C18H22N2O4S/c1-4-20(16-9-7-6-8-10-16)25(22,23)17-13-15(12-11-14(17)3)18(21)19-24-5-2/h6-13H,4-5H2,1-3H3,(H,19,21). The van der Waals surface area contributed by atoms with Gasteiger partial charge in [0, 0.05) is 12.1 Å². The van der Waals surface area contributed by atoms with Crippen molar-refractivity contribution in [1.82, 2.24) is 5.48 Å². The number of hydroxylamine groups is 1. The number of para-hydroxylation sites is 1. The van der Waals surface area contributed by atoms with Crippen molar-refractivity contribution >= 4 is 21.6 Å². The van der Waals surface area contributed by atoms with Crippen molar-refractivity contribution in [2.45, 2.75) is 25.7 Å². The summed E-state index contributed by atoms with van der Waals surface area (Å²) in [5.74, 6) is -0.485. The van der Waals surface area contributed by atoms with E-state index in [1.165, 1.54) is 10.4 Å². The molecular formula is C18H22N2O4S. The van der Waals surface area contributed by atoms with Gasteiger partial charge in [-0.1, -0.05) is 24.3 Å². The number of nitrogens with zero attached hydrogens (tertiary/aromatic N) is 1. The summed E-state index contributed by atoms with van der Waals surface area (Å²) in [4.78, 5) is 17.0. The molecule has 0 aliphatic carbocycles. The molecule has 1 N–H and O–H groups in total. The third kappa shape index (κ3) is 4.18. The third-order valence-electron chi connectivity index (χ3n) is 3.66. The molecule has 0 atom stereocenters. The first-order valence-electron chi connectivity index (χ1n) is 8.02. The second kappa shape index (κ2) is 8.13.